The average Bonchev–Trinajstić information content (AvgIpc) is 2.23. The van der Waals surface area contributed by atoms with E-state index >= 15 is 0 Å². The Morgan fingerprint density at radius 1 is 1.38 bits per heavy atom. The van der Waals surface area contributed by atoms with Gasteiger partial charge in [0.15, 0.2) is 0 Å². The van der Waals surface area contributed by atoms with Crippen LogP contribution < -0.4 is 10.9 Å². The minimum Gasteiger partial charge on any atom is -0.367 e. The minimum absolute atomic E-state index is 0.0822. The van der Waals surface area contributed by atoms with E-state index in [9.17, 15) is 4.79 Å². The van der Waals surface area contributed by atoms with E-state index in [0.717, 1.165) is 0 Å². The van der Waals surface area contributed by atoms with Crippen LogP contribution in [0.4, 0.5) is 5.82 Å². The van der Waals surface area contributed by atoms with Gasteiger partial charge >= 0.3 is 0 Å². The summed E-state index contributed by atoms with van der Waals surface area (Å²) in [5, 5.41) is 3.69. The number of pyridine rings is 1. The van der Waals surface area contributed by atoms with Gasteiger partial charge < -0.3 is 9.88 Å². The zero-order chi connectivity index (χ0) is 11.7. The molecule has 0 radical (unpaired) electrons. The van der Waals surface area contributed by atoms with Gasteiger partial charge in [0.1, 0.15) is 11.2 Å². The first kappa shape index (κ1) is 10.6. The molecule has 0 bridgehead atoms. The topological polar surface area (TPSA) is 59.8 Å². The molecule has 2 heterocycles. The molecule has 0 aliphatic carbocycles. The Labute approximate surface area is 93.2 Å². The number of anilines is 1. The smallest absolute Gasteiger partial charge is 0.264 e. The van der Waals surface area contributed by atoms with Gasteiger partial charge in [-0.05, 0) is 19.9 Å². The molecule has 0 aliphatic rings. The van der Waals surface area contributed by atoms with Crippen molar-refractivity contribution in [3.63, 3.8) is 0 Å². The lowest BCUT2D eigenvalue weighted by atomic mass is 10.2. The van der Waals surface area contributed by atoms with E-state index in [0.29, 0.717) is 16.7 Å². The van der Waals surface area contributed by atoms with Crippen LogP contribution in [0.25, 0.3) is 10.9 Å². The molecule has 16 heavy (non-hydrogen) atoms. The van der Waals surface area contributed by atoms with Crippen LogP contribution in [0.1, 0.15) is 13.8 Å². The maximum absolute atomic E-state index is 12.0. The van der Waals surface area contributed by atoms with Gasteiger partial charge in [-0.15, -0.1) is 0 Å². The molecule has 2 rings (SSSR count). The molecule has 0 unspecified atom stereocenters. The fourth-order valence-corrected chi connectivity index (χ4v) is 1.53. The zero-order valence-corrected chi connectivity index (χ0v) is 9.56. The summed E-state index contributed by atoms with van der Waals surface area (Å²) < 4.78 is 1.45. The van der Waals surface area contributed by atoms with Gasteiger partial charge in [-0.25, -0.2) is 9.97 Å². The third-order valence-electron chi connectivity index (χ3n) is 2.26. The quantitative estimate of drug-likeness (QED) is 0.821. The van der Waals surface area contributed by atoms with E-state index in [1.165, 1.54) is 10.9 Å². The highest BCUT2D eigenvalue weighted by Crippen LogP contribution is 2.15. The first-order chi connectivity index (χ1) is 7.59. The van der Waals surface area contributed by atoms with E-state index in [1.54, 1.807) is 19.3 Å². The lowest BCUT2D eigenvalue weighted by Gasteiger charge is -2.11. The number of rotatable bonds is 2. The molecule has 2 aromatic heterocycles. The van der Waals surface area contributed by atoms with Crippen molar-refractivity contribution in [2.45, 2.75) is 19.9 Å². The first-order valence-electron chi connectivity index (χ1n) is 5.16. The summed E-state index contributed by atoms with van der Waals surface area (Å²) in [5.74, 6) is 0.598. The molecule has 0 saturated carbocycles. The number of aromatic nitrogens is 3. The van der Waals surface area contributed by atoms with Crippen molar-refractivity contribution in [1.82, 2.24) is 14.5 Å². The number of hydrogen-bond donors (Lipinski definition) is 1. The van der Waals surface area contributed by atoms with Crippen LogP contribution in [0.5, 0.6) is 0 Å². The van der Waals surface area contributed by atoms with Crippen molar-refractivity contribution in [2.75, 3.05) is 5.32 Å². The molecule has 5 heteroatoms. The summed E-state index contributed by atoms with van der Waals surface area (Å²) in [6, 6.07) is 1.96. The van der Waals surface area contributed by atoms with Crippen molar-refractivity contribution in [3.05, 3.63) is 28.9 Å². The highest BCUT2D eigenvalue weighted by molar-refractivity contribution is 5.87. The number of aryl methyl sites for hydroxylation is 1. The lowest BCUT2D eigenvalue weighted by molar-refractivity contribution is 0.839. The molecule has 0 spiro atoms. The predicted molar refractivity (Wildman–Crippen MR) is 63.5 cm³/mol. The predicted octanol–water partition coefficient (Wildman–Crippen LogP) is 1.15. The number of nitrogens with zero attached hydrogens (tertiary/aromatic N) is 3. The lowest BCUT2D eigenvalue weighted by Crippen LogP contribution is -2.20. The molecule has 0 aromatic carbocycles. The summed E-state index contributed by atoms with van der Waals surface area (Å²) in [7, 11) is 1.68. The Balaban J connectivity index is 2.74. The summed E-state index contributed by atoms with van der Waals surface area (Å²) in [4.78, 5) is 20.4. The van der Waals surface area contributed by atoms with Crippen molar-refractivity contribution < 1.29 is 0 Å². The van der Waals surface area contributed by atoms with Crippen LogP contribution in [0.15, 0.2) is 23.4 Å². The van der Waals surface area contributed by atoms with Crippen LogP contribution in [0.2, 0.25) is 0 Å². The largest absolute Gasteiger partial charge is 0.367 e. The standard InChI is InChI=1S/C11H14N4O/c1-7(2)14-10-9-8(4-5-12-10)13-6-15(3)11(9)16/h4-7H,1-3H3,(H,12,14). The van der Waals surface area contributed by atoms with Crippen LogP contribution in [-0.2, 0) is 7.05 Å². The highest BCUT2D eigenvalue weighted by atomic mass is 16.1. The molecule has 0 atom stereocenters. The maximum Gasteiger partial charge on any atom is 0.264 e. The van der Waals surface area contributed by atoms with Crippen LogP contribution in [0.3, 0.4) is 0 Å². The second kappa shape index (κ2) is 3.92. The maximum atomic E-state index is 12.0. The molecule has 1 N–H and O–H groups in total. The Morgan fingerprint density at radius 2 is 2.12 bits per heavy atom. The second-order valence-electron chi connectivity index (χ2n) is 4.01. The van der Waals surface area contributed by atoms with Crippen molar-refractivity contribution in [3.8, 4) is 0 Å². The summed E-state index contributed by atoms with van der Waals surface area (Å²) in [6.45, 7) is 4.00. The summed E-state index contributed by atoms with van der Waals surface area (Å²) in [5.41, 5.74) is 0.586. The Morgan fingerprint density at radius 3 is 2.81 bits per heavy atom. The average molecular weight is 218 g/mol. The van der Waals surface area contributed by atoms with Crippen LogP contribution in [0, 0.1) is 0 Å². The molecule has 5 nitrogen and oxygen atoms in total. The van der Waals surface area contributed by atoms with Crippen molar-refractivity contribution in [2.24, 2.45) is 7.05 Å². The molecular weight excluding hydrogens is 204 g/mol. The van der Waals surface area contributed by atoms with Gasteiger partial charge in [0, 0.05) is 19.3 Å². The molecule has 0 saturated heterocycles. The molecule has 84 valence electrons. The molecular formula is C11H14N4O. The first-order valence-corrected chi connectivity index (χ1v) is 5.16. The molecule has 0 amide bonds. The van der Waals surface area contributed by atoms with Crippen LogP contribution in [-0.4, -0.2) is 20.6 Å². The van der Waals surface area contributed by atoms with Crippen molar-refractivity contribution >= 4 is 16.7 Å². The van der Waals surface area contributed by atoms with Crippen molar-refractivity contribution in [1.29, 1.82) is 0 Å². The molecule has 2 aromatic rings. The third kappa shape index (κ3) is 1.76. The number of nitrogens with one attached hydrogen (secondary N) is 1. The summed E-state index contributed by atoms with van der Waals surface area (Å²) >= 11 is 0. The minimum atomic E-state index is -0.0822. The van der Waals surface area contributed by atoms with E-state index in [2.05, 4.69) is 15.3 Å². The SMILES string of the molecule is CC(C)Nc1nccc2ncn(C)c(=O)c12. The number of hydrogen-bond acceptors (Lipinski definition) is 4. The zero-order valence-electron chi connectivity index (χ0n) is 9.56. The highest BCUT2D eigenvalue weighted by Gasteiger charge is 2.09. The van der Waals surface area contributed by atoms with Gasteiger partial charge in [0.05, 0.1) is 11.8 Å². The third-order valence-corrected chi connectivity index (χ3v) is 2.26. The van der Waals surface area contributed by atoms with Gasteiger partial charge in [0.2, 0.25) is 0 Å². The monoisotopic (exact) mass is 218 g/mol. The van der Waals surface area contributed by atoms with Gasteiger partial charge in [-0.1, -0.05) is 0 Å². The number of fused-ring (bicyclic) bond motifs is 1. The fourth-order valence-electron chi connectivity index (χ4n) is 1.53. The summed E-state index contributed by atoms with van der Waals surface area (Å²) in [6.07, 6.45) is 3.17. The molecule has 0 fully saturated rings. The van der Waals surface area contributed by atoms with E-state index in [-0.39, 0.29) is 11.6 Å². The van der Waals surface area contributed by atoms with E-state index in [1.807, 2.05) is 13.8 Å². The molecule has 0 aliphatic heterocycles. The Hall–Kier alpha value is -1.91. The van der Waals surface area contributed by atoms with Gasteiger partial charge in [-0.2, -0.15) is 0 Å². The van der Waals surface area contributed by atoms with Gasteiger partial charge in [0.25, 0.3) is 5.56 Å². The fraction of sp³-hybridized carbons (Fsp3) is 0.364. The van der Waals surface area contributed by atoms with E-state index < -0.39 is 0 Å². The normalized spacial score (nSPS) is 11.0. The second-order valence-corrected chi connectivity index (χ2v) is 4.01. The van der Waals surface area contributed by atoms with Crippen LogP contribution >= 0.6 is 0 Å². The Kier molecular flexibility index (Phi) is 2.60. The van der Waals surface area contributed by atoms with Gasteiger partial charge in [-0.3, -0.25) is 4.79 Å². The Bertz CT molecular complexity index is 574. The van der Waals surface area contributed by atoms with E-state index in [4.69, 9.17) is 0 Å².